The Labute approximate surface area is 161 Å². The number of aromatic nitrogens is 4. The van der Waals surface area contributed by atoms with Gasteiger partial charge in [-0.1, -0.05) is 35.5 Å². The molecule has 0 radical (unpaired) electrons. The first kappa shape index (κ1) is 17.7. The van der Waals surface area contributed by atoms with Crippen molar-refractivity contribution in [3.63, 3.8) is 0 Å². The fourth-order valence-corrected chi connectivity index (χ4v) is 3.16. The summed E-state index contributed by atoms with van der Waals surface area (Å²) in [5.41, 5.74) is 3.79. The van der Waals surface area contributed by atoms with Crippen LogP contribution < -0.4 is 10.9 Å². The zero-order valence-electron chi connectivity index (χ0n) is 15.6. The number of aryl methyl sites for hydroxylation is 2. The van der Waals surface area contributed by atoms with Gasteiger partial charge in [0.1, 0.15) is 11.4 Å². The largest absolute Gasteiger partial charge is 0.361 e. The summed E-state index contributed by atoms with van der Waals surface area (Å²) in [6, 6.07) is 15.2. The molecule has 0 atom stereocenters. The van der Waals surface area contributed by atoms with Crippen LogP contribution in [0.4, 0.5) is 11.5 Å². The second-order valence-electron chi connectivity index (χ2n) is 6.49. The monoisotopic (exact) mass is 373 g/mol. The SMILES string of the molecule is Cc1noc(C)c1-c1cc(Nc2cccnn2)c(=O)n(Cc2ccccc2)c1. The highest BCUT2D eigenvalue weighted by Crippen LogP contribution is 2.28. The second-order valence-corrected chi connectivity index (χ2v) is 6.49. The van der Waals surface area contributed by atoms with E-state index in [1.165, 1.54) is 0 Å². The quantitative estimate of drug-likeness (QED) is 0.574. The number of pyridine rings is 1. The molecule has 0 amide bonds. The molecule has 0 unspecified atom stereocenters. The molecule has 4 aromatic rings. The lowest BCUT2D eigenvalue weighted by molar-refractivity contribution is 0.393. The van der Waals surface area contributed by atoms with E-state index in [4.69, 9.17) is 4.52 Å². The fourth-order valence-electron chi connectivity index (χ4n) is 3.16. The number of benzene rings is 1. The van der Waals surface area contributed by atoms with Crippen molar-refractivity contribution in [2.24, 2.45) is 0 Å². The van der Waals surface area contributed by atoms with Crippen molar-refractivity contribution in [3.8, 4) is 11.1 Å². The normalized spacial score (nSPS) is 10.8. The van der Waals surface area contributed by atoms with Gasteiger partial charge < -0.3 is 14.4 Å². The molecule has 0 aliphatic heterocycles. The molecule has 7 nitrogen and oxygen atoms in total. The average Bonchev–Trinajstić information content (AvgIpc) is 3.05. The molecule has 1 N–H and O–H groups in total. The summed E-state index contributed by atoms with van der Waals surface area (Å²) >= 11 is 0. The minimum atomic E-state index is -0.148. The van der Waals surface area contributed by atoms with E-state index < -0.39 is 0 Å². The molecular formula is C21H19N5O2. The maximum Gasteiger partial charge on any atom is 0.274 e. The minimum absolute atomic E-state index is 0.148. The highest BCUT2D eigenvalue weighted by molar-refractivity contribution is 5.71. The standard InChI is InChI=1S/C21H19N5O2/c1-14-20(15(2)28-25-14)17-11-18(23-19-9-6-10-22-24-19)21(27)26(13-17)12-16-7-4-3-5-8-16/h3-11,13H,12H2,1-2H3,(H,23,24). The summed E-state index contributed by atoms with van der Waals surface area (Å²) in [4.78, 5) is 13.1. The lowest BCUT2D eigenvalue weighted by atomic mass is 10.1. The minimum Gasteiger partial charge on any atom is -0.361 e. The molecule has 1 aromatic carbocycles. The van der Waals surface area contributed by atoms with Gasteiger partial charge in [-0.05, 0) is 37.6 Å². The third-order valence-electron chi connectivity index (χ3n) is 4.44. The molecule has 0 spiro atoms. The molecular weight excluding hydrogens is 354 g/mol. The summed E-state index contributed by atoms with van der Waals surface area (Å²) in [5, 5.41) is 15.0. The third kappa shape index (κ3) is 3.55. The number of hydrogen-bond donors (Lipinski definition) is 1. The molecule has 0 bridgehead atoms. The topological polar surface area (TPSA) is 85.8 Å². The predicted molar refractivity (Wildman–Crippen MR) is 107 cm³/mol. The number of rotatable bonds is 5. The molecule has 7 heteroatoms. The van der Waals surface area contributed by atoms with Crippen LogP contribution in [0.15, 0.2) is 70.2 Å². The lowest BCUT2D eigenvalue weighted by Crippen LogP contribution is -2.23. The molecule has 0 saturated heterocycles. The Kier molecular flexibility index (Phi) is 4.72. The van der Waals surface area contributed by atoms with E-state index >= 15 is 0 Å². The van der Waals surface area contributed by atoms with Gasteiger partial charge in [0.25, 0.3) is 5.56 Å². The summed E-state index contributed by atoms with van der Waals surface area (Å²) in [7, 11) is 0. The van der Waals surface area contributed by atoms with Crippen LogP contribution in [0.25, 0.3) is 11.1 Å². The van der Waals surface area contributed by atoms with Crippen LogP contribution in [0.1, 0.15) is 17.0 Å². The van der Waals surface area contributed by atoms with Gasteiger partial charge in [-0.2, -0.15) is 5.10 Å². The van der Waals surface area contributed by atoms with Gasteiger partial charge in [0, 0.05) is 23.5 Å². The summed E-state index contributed by atoms with van der Waals surface area (Å²) in [6.45, 7) is 4.19. The first-order chi connectivity index (χ1) is 13.6. The van der Waals surface area contributed by atoms with Crippen molar-refractivity contribution >= 4 is 11.5 Å². The van der Waals surface area contributed by atoms with Gasteiger partial charge >= 0.3 is 0 Å². The van der Waals surface area contributed by atoms with Crippen LogP contribution >= 0.6 is 0 Å². The van der Waals surface area contributed by atoms with Gasteiger partial charge in [-0.3, -0.25) is 4.79 Å². The zero-order valence-corrected chi connectivity index (χ0v) is 15.6. The highest BCUT2D eigenvalue weighted by Gasteiger charge is 2.16. The van der Waals surface area contributed by atoms with E-state index in [1.54, 1.807) is 29.0 Å². The maximum atomic E-state index is 13.1. The first-order valence-corrected chi connectivity index (χ1v) is 8.88. The molecule has 28 heavy (non-hydrogen) atoms. The van der Waals surface area contributed by atoms with Gasteiger partial charge in [0.2, 0.25) is 0 Å². The molecule has 3 heterocycles. The summed E-state index contributed by atoms with van der Waals surface area (Å²) in [5.74, 6) is 1.20. The first-order valence-electron chi connectivity index (χ1n) is 8.88. The Bertz CT molecular complexity index is 1070. The molecule has 0 saturated carbocycles. The van der Waals surface area contributed by atoms with E-state index in [0.29, 0.717) is 23.8 Å². The average molecular weight is 373 g/mol. The van der Waals surface area contributed by atoms with E-state index in [9.17, 15) is 4.79 Å². The Hall–Kier alpha value is -3.74. The highest BCUT2D eigenvalue weighted by atomic mass is 16.5. The molecule has 0 aliphatic carbocycles. The van der Waals surface area contributed by atoms with Crippen molar-refractivity contribution in [2.75, 3.05) is 5.32 Å². The number of nitrogens with one attached hydrogen (secondary N) is 1. The lowest BCUT2D eigenvalue weighted by Gasteiger charge is -2.13. The third-order valence-corrected chi connectivity index (χ3v) is 4.44. The number of anilines is 2. The molecule has 4 rings (SSSR count). The Balaban J connectivity index is 1.84. The van der Waals surface area contributed by atoms with Crippen LogP contribution in [0.2, 0.25) is 0 Å². The van der Waals surface area contributed by atoms with E-state index in [1.807, 2.05) is 50.4 Å². The van der Waals surface area contributed by atoms with Gasteiger partial charge in [-0.25, -0.2) is 0 Å². The Morgan fingerprint density at radius 1 is 1.11 bits per heavy atom. The van der Waals surface area contributed by atoms with E-state index in [0.717, 1.165) is 22.4 Å². The van der Waals surface area contributed by atoms with E-state index in [-0.39, 0.29) is 5.56 Å². The maximum absolute atomic E-state index is 13.1. The molecule has 0 fully saturated rings. The van der Waals surface area contributed by atoms with Crippen LogP contribution in [-0.2, 0) is 6.54 Å². The predicted octanol–water partition coefficient (Wildman–Crippen LogP) is 3.70. The Morgan fingerprint density at radius 3 is 2.61 bits per heavy atom. The summed E-state index contributed by atoms with van der Waals surface area (Å²) in [6.07, 6.45) is 3.42. The fraction of sp³-hybridized carbons (Fsp3) is 0.143. The van der Waals surface area contributed by atoms with Crippen molar-refractivity contribution in [1.29, 1.82) is 0 Å². The van der Waals surface area contributed by atoms with E-state index in [2.05, 4.69) is 20.7 Å². The van der Waals surface area contributed by atoms with Gasteiger partial charge in [0.05, 0.1) is 12.2 Å². The number of hydrogen-bond acceptors (Lipinski definition) is 6. The van der Waals surface area contributed by atoms with Crippen molar-refractivity contribution in [1.82, 2.24) is 19.9 Å². The molecule has 140 valence electrons. The van der Waals surface area contributed by atoms with Crippen LogP contribution in [0.3, 0.4) is 0 Å². The van der Waals surface area contributed by atoms with Crippen molar-refractivity contribution < 1.29 is 4.52 Å². The number of nitrogens with zero attached hydrogens (tertiary/aromatic N) is 4. The zero-order chi connectivity index (χ0) is 19.5. The van der Waals surface area contributed by atoms with Gasteiger partial charge in [0.15, 0.2) is 5.82 Å². The van der Waals surface area contributed by atoms with Crippen LogP contribution in [0.5, 0.6) is 0 Å². The van der Waals surface area contributed by atoms with Crippen LogP contribution in [-0.4, -0.2) is 19.9 Å². The van der Waals surface area contributed by atoms with Crippen LogP contribution in [0, 0.1) is 13.8 Å². The van der Waals surface area contributed by atoms with Crippen molar-refractivity contribution in [2.45, 2.75) is 20.4 Å². The Morgan fingerprint density at radius 2 is 1.93 bits per heavy atom. The summed E-state index contributed by atoms with van der Waals surface area (Å²) < 4.78 is 6.99. The van der Waals surface area contributed by atoms with Gasteiger partial charge in [-0.15, -0.1) is 5.10 Å². The van der Waals surface area contributed by atoms with Crippen molar-refractivity contribution in [3.05, 3.63) is 88.3 Å². The smallest absolute Gasteiger partial charge is 0.274 e. The molecule has 3 aromatic heterocycles. The molecule has 0 aliphatic rings. The second kappa shape index (κ2) is 7.48.